The third kappa shape index (κ3) is 4.12. The van der Waals surface area contributed by atoms with Crippen molar-refractivity contribution in [1.29, 1.82) is 0 Å². The molecule has 3 nitrogen and oxygen atoms in total. The Kier molecular flexibility index (Phi) is 5.80. The van der Waals surface area contributed by atoms with E-state index < -0.39 is 0 Å². The number of halogens is 2. The lowest BCUT2D eigenvalue weighted by Gasteiger charge is -2.08. The summed E-state index contributed by atoms with van der Waals surface area (Å²) in [6.07, 6.45) is 1.15. The first-order valence-electron chi connectivity index (χ1n) is 4.88. The van der Waals surface area contributed by atoms with Gasteiger partial charge in [-0.2, -0.15) is 0 Å². The van der Waals surface area contributed by atoms with Gasteiger partial charge in [0.2, 0.25) is 5.91 Å². The van der Waals surface area contributed by atoms with Gasteiger partial charge in [-0.1, -0.05) is 17.7 Å². The first-order chi connectivity index (χ1) is 7.65. The average molecular weight is 307 g/mol. The molecule has 1 rings (SSSR count). The molecule has 0 spiro atoms. The monoisotopic (exact) mass is 305 g/mol. The molecule has 0 aliphatic heterocycles. The number of nitrogens with one attached hydrogen (secondary N) is 1. The molecule has 0 saturated heterocycles. The summed E-state index contributed by atoms with van der Waals surface area (Å²) in [5.41, 5.74) is 0.690. The summed E-state index contributed by atoms with van der Waals surface area (Å²) in [7, 11) is 1.62. The molecule has 0 bridgehead atoms. The maximum absolute atomic E-state index is 11.5. The van der Waals surface area contributed by atoms with Gasteiger partial charge in [0, 0.05) is 20.1 Å². The second kappa shape index (κ2) is 6.89. The molecule has 0 aliphatic carbocycles. The standard InChI is InChI=1S/C11H13BrClNO2/c1-16-7-3-6-10(15)14-9-5-2-4-8(13)11(9)12/h2,4-5H,3,6-7H2,1H3,(H,14,15). The molecule has 0 fully saturated rings. The lowest BCUT2D eigenvalue weighted by Crippen LogP contribution is -2.12. The summed E-state index contributed by atoms with van der Waals surface area (Å²) in [5.74, 6) is -0.0417. The van der Waals surface area contributed by atoms with Crippen molar-refractivity contribution in [3.05, 3.63) is 27.7 Å². The van der Waals surface area contributed by atoms with E-state index in [0.29, 0.717) is 34.6 Å². The molecule has 0 atom stereocenters. The lowest BCUT2D eigenvalue weighted by molar-refractivity contribution is -0.116. The van der Waals surface area contributed by atoms with Crippen molar-refractivity contribution >= 4 is 39.1 Å². The average Bonchev–Trinajstić information content (AvgIpc) is 2.25. The van der Waals surface area contributed by atoms with E-state index in [9.17, 15) is 4.79 Å². The summed E-state index contributed by atoms with van der Waals surface area (Å²) in [5, 5.41) is 3.36. The van der Waals surface area contributed by atoms with E-state index in [2.05, 4.69) is 21.2 Å². The fourth-order valence-electron chi connectivity index (χ4n) is 1.19. The highest BCUT2D eigenvalue weighted by Gasteiger charge is 2.07. The van der Waals surface area contributed by atoms with Crippen molar-refractivity contribution in [1.82, 2.24) is 0 Å². The van der Waals surface area contributed by atoms with Crippen LogP contribution < -0.4 is 5.32 Å². The van der Waals surface area contributed by atoms with Gasteiger partial charge in [-0.25, -0.2) is 0 Å². The third-order valence-electron chi connectivity index (χ3n) is 1.98. The summed E-state index contributed by atoms with van der Waals surface area (Å²) >= 11 is 9.23. The minimum absolute atomic E-state index is 0.0417. The zero-order chi connectivity index (χ0) is 12.0. The van der Waals surface area contributed by atoms with E-state index in [4.69, 9.17) is 16.3 Å². The predicted octanol–water partition coefficient (Wildman–Crippen LogP) is 3.47. The van der Waals surface area contributed by atoms with Crippen molar-refractivity contribution in [3.8, 4) is 0 Å². The van der Waals surface area contributed by atoms with Crippen LogP contribution in [0.1, 0.15) is 12.8 Å². The zero-order valence-electron chi connectivity index (χ0n) is 8.93. The van der Waals surface area contributed by atoms with Crippen LogP contribution in [0.2, 0.25) is 5.02 Å². The van der Waals surface area contributed by atoms with E-state index >= 15 is 0 Å². The quantitative estimate of drug-likeness (QED) is 0.846. The summed E-state index contributed by atoms with van der Waals surface area (Å²) < 4.78 is 5.58. The molecule has 1 aromatic carbocycles. The molecule has 1 aromatic rings. The molecule has 16 heavy (non-hydrogen) atoms. The number of hydrogen-bond donors (Lipinski definition) is 1. The summed E-state index contributed by atoms with van der Waals surface area (Å²) in [4.78, 5) is 11.5. The Morgan fingerprint density at radius 3 is 3.00 bits per heavy atom. The summed E-state index contributed by atoms with van der Waals surface area (Å²) in [6, 6.07) is 5.34. The Morgan fingerprint density at radius 1 is 1.56 bits per heavy atom. The zero-order valence-corrected chi connectivity index (χ0v) is 11.3. The maximum atomic E-state index is 11.5. The van der Waals surface area contributed by atoms with Crippen LogP contribution in [0.4, 0.5) is 5.69 Å². The second-order valence-electron chi connectivity index (χ2n) is 3.25. The van der Waals surface area contributed by atoms with Gasteiger partial charge >= 0.3 is 0 Å². The maximum Gasteiger partial charge on any atom is 0.224 e. The highest BCUT2D eigenvalue weighted by atomic mass is 79.9. The Bertz CT molecular complexity index is 371. The van der Waals surface area contributed by atoms with Crippen molar-refractivity contribution in [2.75, 3.05) is 19.0 Å². The summed E-state index contributed by atoms with van der Waals surface area (Å²) in [6.45, 7) is 0.587. The van der Waals surface area contributed by atoms with Gasteiger partial charge in [-0.05, 0) is 34.5 Å². The first-order valence-corrected chi connectivity index (χ1v) is 6.05. The SMILES string of the molecule is COCCCC(=O)Nc1cccc(Cl)c1Br. The smallest absolute Gasteiger partial charge is 0.224 e. The predicted molar refractivity (Wildman–Crippen MR) is 68.9 cm³/mol. The van der Waals surface area contributed by atoms with E-state index in [1.54, 1.807) is 25.3 Å². The van der Waals surface area contributed by atoms with Crippen LogP contribution in [-0.4, -0.2) is 19.6 Å². The topological polar surface area (TPSA) is 38.3 Å². The number of methoxy groups -OCH3 is 1. The van der Waals surface area contributed by atoms with Gasteiger partial charge in [-0.3, -0.25) is 4.79 Å². The number of carbonyl (C=O) groups excluding carboxylic acids is 1. The van der Waals surface area contributed by atoms with Gasteiger partial charge < -0.3 is 10.1 Å². The highest BCUT2D eigenvalue weighted by molar-refractivity contribution is 9.10. The minimum atomic E-state index is -0.0417. The Morgan fingerprint density at radius 2 is 2.31 bits per heavy atom. The molecular weight excluding hydrogens is 293 g/mol. The van der Waals surface area contributed by atoms with E-state index in [1.165, 1.54) is 0 Å². The van der Waals surface area contributed by atoms with Gasteiger partial charge in [0.25, 0.3) is 0 Å². The van der Waals surface area contributed by atoms with Gasteiger partial charge in [0.05, 0.1) is 15.2 Å². The van der Waals surface area contributed by atoms with E-state index in [1.807, 2.05) is 0 Å². The van der Waals surface area contributed by atoms with Gasteiger partial charge in [0.1, 0.15) is 0 Å². The van der Waals surface area contributed by atoms with Crippen LogP contribution >= 0.6 is 27.5 Å². The molecule has 1 N–H and O–H groups in total. The molecule has 0 radical (unpaired) electrons. The van der Waals surface area contributed by atoms with Crippen LogP contribution in [0.15, 0.2) is 22.7 Å². The van der Waals surface area contributed by atoms with Crippen LogP contribution in [0.5, 0.6) is 0 Å². The minimum Gasteiger partial charge on any atom is -0.385 e. The molecule has 1 amide bonds. The number of ether oxygens (including phenoxy) is 1. The fourth-order valence-corrected chi connectivity index (χ4v) is 1.73. The number of amides is 1. The number of carbonyl (C=O) groups is 1. The Hall–Kier alpha value is -0.580. The molecule has 5 heteroatoms. The first kappa shape index (κ1) is 13.5. The van der Waals surface area contributed by atoms with Crippen LogP contribution in [0.3, 0.4) is 0 Å². The van der Waals surface area contributed by atoms with E-state index in [-0.39, 0.29) is 5.91 Å². The van der Waals surface area contributed by atoms with Crippen LogP contribution in [0.25, 0.3) is 0 Å². The third-order valence-corrected chi connectivity index (χ3v) is 3.38. The second-order valence-corrected chi connectivity index (χ2v) is 4.45. The number of anilines is 1. The molecule has 88 valence electrons. The van der Waals surface area contributed by atoms with Crippen molar-refractivity contribution in [2.24, 2.45) is 0 Å². The van der Waals surface area contributed by atoms with Gasteiger partial charge in [-0.15, -0.1) is 0 Å². The molecule has 0 aliphatic rings. The highest BCUT2D eigenvalue weighted by Crippen LogP contribution is 2.30. The largest absolute Gasteiger partial charge is 0.385 e. The van der Waals surface area contributed by atoms with Crippen molar-refractivity contribution in [2.45, 2.75) is 12.8 Å². The lowest BCUT2D eigenvalue weighted by atomic mass is 10.2. The molecular formula is C11H13BrClNO2. The molecule has 0 unspecified atom stereocenters. The normalized spacial score (nSPS) is 10.2. The fraction of sp³-hybridized carbons (Fsp3) is 0.364. The number of benzene rings is 1. The van der Waals surface area contributed by atoms with Crippen molar-refractivity contribution < 1.29 is 9.53 Å². The Labute approximate surface area is 108 Å². The van der Waals surface area contributed by atoms with Crippen LogP contribution in [0, 0.1) is 0 Å². The number of rotatable bonds is 5. The van der Waals surface area contributed by atoms with Crippen LogP contribution in [-0.2, 0) is 9.53 Å². The molecule has 0 saturated carbocycles. The molecule has 0 heterocycles. The molecule has 0 aromatic heterocycles. The Balaban J connectivity index is 2.53. The number of hydrogen-bond acceptors (Lipinski definition) is 2. The van der Waals surface area contributed by atoms with Crippen molar-refractivity contribution in [3.63, 3.8) is 0 Å². The van der Waals surface area contributed by atoms with Gasteiger partial charge in [0.15, 0.2) is 0 Å². The van der Waals surface area contributed by atoms with E-state index in [0.717, 1.165) is 0 Å².